The highest BCUT2D eigenvalue weighted by Gasteiger charge is 2.54. The first-order chi connectivity index (χ1) is 15.2. The van der Waals surface area contributed by atoms with Gasteiger partial charge in [0, 0.05) is 46.0 Å². The summed E-state index contributed by atoms with van der Waals surface area (Å²) >= 11 is 0. The summed E-state index contributed by atoms with van der Waals surface area (Å²) in [6.07, 6.45) is 0. The van der Waals surface area contributed by atoms with Crippen molar-refractivity contribution in [3.63, 3.8) is 0 Å². The maximum atomic E-state index is 13.2. The summed E-state index contributed by atoms with van der Waals surface area (Å²) in [5.74, 6) is 0.275. The number of fused-ring (bicyclic) bond motifs is 1. The Bertz CT molecular complexity index is 1010. The van der Waals surface area contributed by atoms with Crippen LogP contribution in [0.3, 0.4) is 0 Å². The van der Waals surface area contributed by atoms with E-state index in [9.17, 15) is 18.8 Å². The molecule has 1 aromatic rings. The number of aliphatic imine (C=N–C) groups is 1. The van der Waals surface area contributed by atoms with Gasteiger partial charge in [-0.25, -0.2) is 13.8 Å². The van der Waals surface area contributed by atoms with Crippen LogP contribution in [0.1, 0.15) is 13.8 Å². The average Bonchev–Trinajstić information content (AvgIpc) is 3.15. The molecule has 2 saturated heterocycles. The third-order valence-electron chi connectivity index (χ3n) is 6.48. The Labute approximate surface area is 186 Å². The fourth-order valence-corrected chi connectivity index (χ4v) is 4.39. The summed E-state index contributed by atoms with van der Waals surface area (Å²) in [5.41, 5.74) is 0.978. The molecular weight excluding hydrogens is 415 g/mol. The lowest BCUT2D eigenvalue weighted by Gasteiger charge is -2.35. The minimum atomic E-state index is -0.780. The summed E-state index contributed by atoms with van der Waals surface area (Å²) in [4.78, 5) is 49.1. The first-order valence-electron chi connectivity index (χ1n) is 10.7. The van der Waals surface area contributed by atoms with Crippen molar-refractivity contribution in [2.24, 2.45) is 4.99 Å². The Balaban J connectivity index is 1.55. The van der Waals surface area contributed by atoms with E-state index in [-0.39, 0.29) is 17.5 Å². The van der Waals surface area contributed by atoms with Crippen LogP contribution in [0.4, 0.5) is 14.9 Å². The standard InChI is InChI=1S/C22H28FN6O3/c1-14(15(2)30)29-18(24-20-19(29)21(31)26(4)22(32)25(20)3)13-27-9-11-28(12-10-27)17-7-5-16(23)6-8-17/h5-8,14,19H,9-13H2,1-4H3/q+1. The number of rotatable bonds is 5. The molecule has 3 amide bonds. The Morgan fingerprint density at radius 2 is 1.75 bits per heavy atom. The van der Waals surface area contributed by atoms with E-state index in [1.165, 1.54) is 31.0 Å². The lowest BCUT2D eigenvalue weighted by Crippen LogP contribution is -2.63. The zero-order valence-electron chi connectivity index (χ0n) is 18.8. The molecule has 0 spiro atoms. The van der Waals surface area contributed by atoms with Crippen molar-refractivity contribution in [2.75, 3.05) is 51.7 Å². The number of imide groups is 1. The third-order valence-corrected chi connectivity index (χ3v) is 6.48. The molecule has 0 aromatic heterocycles. The molecule has 0 N–H and O–H groups in total. The molecule has 4 rings (SSSR count). The third kappa shape index (κ3) is 3.79. The number of hydrogen-bond donors (Lipinski definition) is 0. The second-order valence-corrected chi connectivity index (χ2v) is 8.46. The smallest absolute Gasteiger partial charge is 0.333 e. The number of ketones is 1. The minimum absolute atomic E-state index is 0.0740. The van der Waals surface area contributed by atoms with Crippen LogP contribution in [0.15, 0.2) is 29.3 Å². The zero-order chi connectivity index (χ0) is 23.2. The summed E-state index contributed by atoms with van der Waals surface area (Å²) < 4.78 is 15.0. The number of amides is 3. The van der Waals surface area contributed by atoms with E-state index in [2.05, 4.69) is 14.8 Å². The SMILES string of the molecule is CC(=O)C(C)[N+]1=C(CN2CCN(c3ccc(F)cc3)CC2)N=C2C1C(=O)N(C)C(=O)N2C. The Kier molecular flexibility index (Phi) is 5.81. The summed E-state index contributed by atoms with van der Waals surface area (Å²) in [5, 5.41) is 0. The van der Waals surface area contributed by atoms with Gasteiger partial charge in [-0.3, -0.25) is 24.3 Å². The summed E-state index contributed by atoms with van der Waals surface area (Å²) in [7, 11) is 3.04. The molecule has 0 bridgehead atoms. The van der Waals surface area contributed by atoms with Gasteiger partial charge in [0.1, 0.15) is 12.4 Å². The van der Waals surface area contributed by atoms with Gasteiger partial charge in [0.25, 0.3) is 17.8 Å². The molecule has 3 aliphatic rings. The van der Waals surface area contributed by atoms with Crippen LogP contribution in [-0.2, 0) is 9.59 Å². The first kappa shape index (κ1) is 22.1. The van der Waals surface area contributed by atoms with Gasteiger partial charge < -0.3 is 4.90 Å². The van der Waals surface area contributed by atoms with E-state index in [1.54, 1.807) is 30.7 Å². The summed E-state index contributed by atoms with van der Waals surface area (Å²) in [6, 6.07) is 4.71. The second-order valence-electron chi connectivity index (χ2n) is 8.46. The largest absolute Gasteiger partial charge is 0.369 e. The van der Waals surface area contributed by atoms with Crippen molar-refractivity contribution < 1.29 is 23.3 Å². The van der Waals surface area contributed by atoms with Crippen LogP contribution in [-0.4, -0.2) is 108 Å². The van der Waals surface area contributed by atoms with E-state index >= 15 is 0 Å². The Morgan fingerprint density at radius 3 is 2.34 bits per heavy atom. The maximum Gasteiger partial charge on any atom is 0.333 e. The molecule has 0 radical (unpaired) electrons. The normalized spacial score (nSPS) is 23.0. The minimum Gasteiger partial charge on any atom is -0.369 e. The number of anilines is 1. The van der Waals surface area contributed by atoms with E-state index in [4.69, 9.17) is 0 Å². The Hall–Kier alpha value is -3.14. The maximum absolute atomic E-state index is 13.2. The van der Waals surface area contributed by atoms with Gasteiger partial charge in [0.15, 0.2) is 11.8 Å². The van der Waals surface area contributed by atoms with E-state index in [0.717, 1.165) is 36.8 Å². The number of carbonyl (C=O) groups excluding carboxylic acids is 3. The number of likely N-dealkylation sites (N-methyl/N-ethyl adjacent to an activating group) is 2. The molecule has 9 nitrogen and oxygen atoms in total. The quantitative estimate of drug-likeness (QED) is 0.624. The number of Topliss-reactive ketones (excluding diaryl/α,β-unsaturated/α-hetero) is 1. The molecule has 0 saturated carbocycles. The van der Waals surface area contributed by atoms with Gasteiger partial charge in [-0.2, -0.15) is 0 Å². The van der Waals surface area contributed by atoms with Gasteiger partial charge in [0.2, 0.25) is 0 Å². The number of carbonyl (C=O) groups is 3. The first-order valence-corrected chi connectivity index (χ1v) is 10.7. The molecule has 2 fully saturated rings. The number of hydrogen-bond acceptors (Lipinski definition) is 6. The van der Waals surface area contributed by atoms with Crippen molar-refractivity contribution in [3.05, 3.63) is 30.1 Å². The van der Waals surface area contributed by atoms with Crippen LogP contribution < -0.4 is 4.90 Å². The van der Waals surface area contributed by atoms with Crippen LogP contribution >= 0.6 is 0 Å². The van der Waals surface area contributed by atoms with Gasteiger partial charge in [-0.1, -0.05) is 0 Å². The van der Waals surface area contributed by atoms with Crippen LogP contribution in [0.2, 0.25) is 0 Å². The number of benzene rings is 1. The van der Waals surface area contributed by atoms with Gasteiger partial charge in [0.05, 0.1) is 0 Å². The lowest BCUT2D eigenvalue weighted by molar-refractivity contribution is -0.556. The number of nitrogens with zero attached hydrogens (tertiary/aromatic N) is 6. The van der Waals surface area contributed by atoms with Crippen molar-refractivity contribution >= 4 is 35.1 Å². The highest BCUT2D eigenvalue weighted by molar-refractivity contribution is 6.23. The molecule has 2 atom stereocenters. The predicted molar refractivity (Wildman–Crippen MR) is 118 cm³/mol. The van der Waals surface area contributed by atoms with Crippen LogP contribution in [0.25, 0.3) is 0 Å². The van der Waals surface area contributed by atoms with Crippen molar-refractivity contribution in [1.82, 2.24) is 14.7 Å². The Morgan fingerprint density at radius 1 is 1.12 bits per heavy atom. The van der Waals surface area contributed by atoms with Crippen molar-refractivity contribution in [2.45, 2.75) is 25.9 Å². The number of amidine groups is 2. The summed E-state index contributed by atoms with van der Waals surface area (Å²) in [6.45, 7) is 6.75. The molecule has 10 heteroatoms. The molecule has 3 heterocycles. The molecule has 2 unspecified atom stereocenters. The second kappa shape index (κ2) is 8.42. The van der Waals surface area contributed by atoms with E-state index in [1.807, 2.05) is 0 Å². The number of urea groups is 1. The average molecular weight is 444 g/mol. The topological polar surface area (TPSA) is 79.5 Å². The van der Waals surface area contributed by atoms with Crippen molar-refractivity contribution in [1.29, 1.82) is 0 Å². The van der Waals surface area contributed by atoms with Gasteiger partial charge in [-0.05, 0) is 43.1 Å². The number of piperazine rings is 1. The lowest BCUT2D eigenvalue weighted by atomic mass is 10.1. The molecule has 32 heavy (non-hydrogen) atoms. The fourth-order valence-electron chi connectivity index (χ4n) is 4.39. The highest BCUT2D eigenvalue weighted by atomic mass is 19.1. The van der Waals surface area contributed by atoms with Gasteiger partial charge >= 0.3 is 11.9 Å². The number of halogens is 1. The monoisotopic (exact) mass is 443 g/mol. The fraction of sp³-hybridized carbons (Fsp3) is 0.500. The molecule has 1 aromatic carbocycles. The molecule has 170 valence electrons. The van der Waals surface area contributed by atoms with Gasteiger partial charge in [-0.15, -0.1) is 0 Å². The van der Waals surface area contributed by atoms with E-state index < -0.39 is 18.1 Å². The van der Waals surface area contributed by atoms with Crippen LogP contribution in [0, 0.1) is 5.82 Å². The molecule has 3 aliphatic heterocycles. The zero-order valence-corrected chi connectivity index (χ0v) is 18.8. The van der Waals surface area contributed by atoms with E-state index in [0.29, 0.717) is 18.2 Å². The predicted octanol–water partition coefficient (Wildman–Crippen LogP) is 0.641. The van der Waals surface area contributed by atoms with Crippen molar-refractivity contribution in [3.8, 4) is 0 Å². The molecule has 0 aliphatic carbocycles. The highest BCUT2D eigenvalue weighted by Crippen LogP contribution is 2.22. The van der Waals surface area contributed by atoms with Crippen LogP contribution in [0.5, 0.6) is 0 Å². The molecular formula is C22H28FN6O3+.